The maximum Gasteiger partial charge on any atom is 0.243 e. The number of para-hydroxylation sites is 1. The predicted molar refractivity (Wildman–Crippen MR) is 169 cm³/mol. The van der Waals surface area contributed by atoms with E-state index >= 15 is 0 Å². The van der Waals surface area contributed by atoms with Crippen molar-refractivity contribution in [1.82, 2.24) is 10.2 Å². The van der Waals surface area contributed by atoms with Gasteiger partial charge in [-0.15, -0.1) is 0 Å². The normalized spacial score (nSPS) is 14.6. The van der Waals surface area contributed by atoms with E-state index in [9.17, 15) is 18.0 Å². The Morgan fingerprint density at radius 3 is 2.17 bits per heavy atom. The molecule has 1 fully saturated rings. The highest BCUT2D eigenvalue weighted by Crippen LogP contribution is 2.24. The van der Waals surface area contributed by atoms with Gasteiger partial charge in [0.05, 0.1) is 11.9 Å². The van der Waals surface area contributed by atoms with Gasteiger partial charge in [0.25, 0.3) is 0 Å². The van der Waals surface area contributed by atoms with Gasteiger partial charge in [-0.25, -0.2) is 8.42 Å². The van der Waals surface area contributed by atoms with Gasteiger partial charge in [-0.05, 0) is 48.6 Å². The molecule has 1 saturated carbocycles. The van der Waals surface area contributed by atoms with Gasteiger partial charge in [0.1, 0.15) is 6.04 Å². The number of nitrogens with zero attached hydrogens (tertiary/aromatic N) is 2. The fourth-order valence-corrected chi connectivity index (χ4v) is 6.67. The highest BCUT2D eigenvalue weighted by molar-refractivity contribution is 7.92. The molecule has 3 aromatic rings. The zero-order chi connectivity index (χ0) is 30.0. The zero-order valence-corrected chi connectivity index (χ0v) is 25.7. The molecule has 4 rings (SSSR count). The van der Waals surface area contributed by atoms with Crippen LogP contribution in [0.25, 0.3) is 0 Å². The van der Waals surface area contributed by atoms with Gasteiger partial charge in [0.15, 0.2) is 0 Å². The highest BCUT2D eigenvalue weighted by atomic mass is 35.5. The molecule has 42 heavy (non-hydrogen) atoms. The lowest BCUT2D eigenvalue weighted by atomic mass is 9.94. The minimum absolute atomic E-state index is 0.0747. The van der Waals surface area contributed by atoms with Crippen LogP contribution in [0.4, 0.5) is 5.69 Å². The minimum atomic E-state index is -3.55. The molecule has 0 saturated heterocycles. The lowest BCUT2D eigenvalue weighted by Crippen LogP contribution is -2.53. The molecule has 224 valence electrons. The third-order valence-electron chi connectivity index (χ3n) is 7.72. The third kappa shape index (κ3) is 9.07. The van der Waals surface area contributed by atoms with Crippen LogP contribution < -0.4 is 9.62 Å². The van der Waals surface area contributed by atoms with E-state index in [1.165, 1.54) is 10.7 Å². The standard InChI is InChI=1S/C33H40ClN3O4S/c1-42(40,41)37(29-19-9-4-10-20-29)23-13-22-32(38)36(25-27-16-11-12-21-30(27)34)31(24-26-14-5-2-6-15-26)33(39)35-28-17-7-3-8-18-28/h2,4-6,9-12,14-16,19-21,28,31H,3,7-8,13,17-18,22-25H2,1H3,(H,35,39)/t31-/m0/s1. The molecule has 0 unspecified atom stereocenters. The second-order valence-corrected chi connectivity index (χ2v) is 13.3. The number of hydrogen-bond donors (Lipinski definition) is 1. The number of nitrogens with one attached hydrogen (secondary N) is 1. The first-order chi connectivity index (χ1) is 20.2. The Labute approximate surface area is 254 Å². The van der Waals surface area contributed by atoms with Crippen LogP contribution in [0.3, 0.4) is 0 Å². The molecule has 2 amide bonds. The summed E-state index contributed by atoms with van der Waals surface area (Å²) in [5, 5.41) is 3.76. The van der Waals surface area contributed by atoms with E-state index in [-0.39, 0.29) is 37.4 Å². The third-order valence-corrected chi connectivity index (χ3v) is 9.28. The Bertz CT molecular complexity index is 1410. The number of halogens is 1. The second kappa shape index (κ2) is 15.2. The number of rotatable bonds is 13. The Hall–Kier alpha value is -3.36. The molecule has 1 atom stereocenters. The molecule has 0 spiro atoms. The maximum atomic E-state index is 14.0. The summed E-state index contributed by atoms with van der Waals surface area (Å²) in [6.07, 6.45) is 7.08. The van der Waals surface area contributed by atoms with Crippen molar-refractivity contribution in [3.05, 3.63) is 101 Å². The van der Waals surface area contributed by atoms with Crippen molar-refractivity contribution in [3.63, 3.8) is 0 Å². The van der Waals surface area contributed by atoms with E-state index in [4.69, 9.17) is 11.6 Å². The molecule has 7 nitrogen and oxygen atoms in total. The molecule has 9 heteroatoms. The molecule has 0 radical (unpaired) electrons. The molecular weight excluding hydrogens is 570 g/mol. The first-order valence-corrected chi connectivity index (χ1v) is 16.8. The van der Waals surface area contributed by atoms with Crippen LogP contribution in [0.2, 0.25) is 5.02 Å². The van der Waals surface area contributed by atoms with Crippen LogP contribution in [0.15, 0.2) is 84.9 Å². The summed E-state index contributed by atoms with van der Waals surface area (Å²) in [5.74, 6) is -0.399. The van der Waals surface area contributed by atoms with E-state index in [2.05, 4.69) is 5.32 Å². The average molecular weight is 610 g/mol. The number of carbonyl (C=O) groups excluding carboxylic acids is 2. The fraction of sp³-hybridized carbons (Fsp3) is 0.394. The van der Waals surface area contributed by atoms with E-state index in [0.29, 0.717) is 23.6 Å². The summed E-state index contributed by atoms with van der Waals surface area (Å²) >= 11 is 6.53. The topological polar surface area (TPSA) is 86.8 Å². The summed E-state index contributed by atoms with van der Waals surface area (Å²) < 4.78 is 26.5. The van der Waals surface area contributed by atoms with Crippen molar-refractivity contribution in [3.8, 4) is 0 Å². The molecule has 0 heterocycles. The second-order valence-electron chi connectivity index (χ2n) is 10.9. The largest absolute Gasteiger partial charge is 0.352 e. The maximum absolute atomic E-state index is 14.0. The Morgan fingerprint density at radius 2 is 1.52 bits per heavy atom. The first kappa shape index (κ1) is 31.6. The fourth-order valence-electron chi connectivity index (χ4n) is 5.51. The Balaban J connectivity index is 1.59. The van der Waals surface area contributed by atoms with Gasteiger partial charge >= 0.3 is 0 Å². The van der Waals surface area contributed by atoms with Gasteiger partial charge in [0, 0.05) is 37.0 Å². The molecule has 1 aliphatic rings. The molecule has 0 aliphatic heterocycles. The summed E-state index contributed by atoms with van der Waals surface area (Å²) in [5.41, 5.74) is 2.25. The quantitative estimate of drug-likeness (QED) is 0.258. The van der Waals surface area contributed by atoms with E-state index in [1.807, 2.05) is 54.6 Å². The number of benzene rings is 3. The van der Waals surface area contributed by atoms with Crippen molar-refractivity contribution in [2.24, 2.45) is 0 Å². The number of anilines is 1. The number of amides is 2. The van der Waals surface area contributed by atoms with E-state index in [1.54, 1.807) is 35.2 Å². The SMILES string of the molecule is CS(=O)(=O)N(CCCC(=O)N(Cc1ccccc1Cl)[C@@H](Cc1ccccc1)C(=O)NC1CCCCC1)c1ccccc1. The van der Waals surface area contributed by atoms with E-state index < -0.39 is 16.1 Å². The molecule has 0 bridgehead atoms. The van der Waals surface area contributed by atoms with Crippen molar-refractivity contribution in [2.75, 3.05) is 17.1 Å². The lowest BCUT2D eigenvalue weighted by Gasteiger charge is -2.34. The van der Waals surface area contributed by atoms with Crippen LogP contribution in [0, 0.1) is 0 Å². The molecule has 1 N–H and O–H groups in total. The first-order valence-electron chi connectivity index (χ1n) is 14.6. The van der Waals surface area contributed by atoms with E-state index in [0.717, 1.165) is 43.1 Å². The van der Waals surface area contributed by atoms with Gasteiger partial charge in [0.2, 0.25) is 21.8 Å². The van der Waals surface area contributed by atoms with Gasteiger partial charge in [-0.3, -0.25) is 13.9 Å². The van der Waals surface area contributed by atoms with Crippen molar-refractivity contribution < 1.29 is 18.0 Å². The van der Waals surface area contributed by atoms with Crippen LogP contribution in [-0.4, -0.2) is 50.0 Å². The molecule has 3 aromatic carbocycles. The van der Waals surface area contributed by atoms with Crippen LogP contribution in [0.5, 0.6) is 0 Å². The minimum Gasteiger partial charge on any atom is -0.352 e. The zero-order valence-electron chi connectivity index (χ0n) is 24.1. The van der Waals surface area contributed by atoms with Crippen molar-refractivity contribution in [2.45, 2.75) is 70.0 Å². The highest BCUT2D eigenvalue weighted by Gasteiger charge is 2.32. The molecule has 0 aromatic heterocycles. The Morgan fingerprint density at radius 1 is 0.905 bits per heavy atom. The van der Waals surface area contributed by atoms with Gasteiger partial charge in [-0.1, -0.05) is 97.6 Å². The summed E-state index contributed by atoms with van der Waals surface area (Å²) in [4.78, 5) is 29.5. The predicted octanol–water partition coefficient (Wildman–Crippen LogP) is 5.98. The summed E-state index contributed by atoms with van der Waals surface area (Å²) in [7, 11) is -3.55. The number of sulfonamides is 1. The van der Waals surface area contributed by atoms with Crippen LogP contribution in [0.1, 0.15) is 56.1 Å². The monoisotopic (exact) mass is 609 g/mol. The van der Waals surface area contributed by atoms with Crippen LogP contribution in [-0.2, 0) is 32.6 Å². The van der Waals surface area contributed by atoms with Crippen LogP contribution >= 0.6 is 11.6 Å². The van der Waals surface area contributed by atoms with Gasteiger partial charge in [-0.2, -0.15) is 0 Å². The van der Waals surface area contributed by atoms with Crippen molar-refractivity contribution >= 4 is 39.1 Å². The lowest BCUT2D eigenvalue weighted by molar-refractivity contribution is -0.141. The average Bonchev–Trinajstić information content (AvgIpc) is 2.98. The number of hydrogen-bond acceptors (Lipinski definition) is 4. The molecular formula is C33H40ClN3O4S. The number of carbonyl (C=O) groups is 2. The summed E-state index contributed by atoms with van der Waals surface area (Å²) in [6.45, 7) is 0.314. The van der Waals surface area contributed by atoms with Crippen molar-refractivity contribution in [1.29, 1.82) is 0 Å². The summed E-state index contributed by atoms with van der Waals surface area (Å²) in [6, 6.07) is 25.2. The smallest absolute Gasteiger partial charge is 0.243 e. The Kier molecular flexibility index (Phi) is 11.4. The molecule has 1 aliphatic carbocycles. The van der Waals surface area contributed by atoms with Gasteiger partial charge < -0.3 is 10.2 Å².